The zero-order valence-corrected chi connectivity index (χ0v) is 11.8. The molecular formula is C12H17ClN2O2S. The molecular weight excluding hydrogens is 272 g/mol. The van der Waals surface area contributed by atoms with E-state index in [4.69, 9.17) is 22.1 Å². The average molecular weight is 289 g/mol. The minimum atomic E-state index is -0.648. The standard InChI is InChI=1S/C12H17ClN2O2S/c1-3-6-15(12(16)10(14)8-17-2)7-9-4-5-11(13)18-9/h3-5,10H,1,6-8,14H2,2H3. The van der Waals surface area contributed by atoms with Gasteiger partial charge in [-0.2, -0.15) is 0 Å². The van der Waals surface area contributed by atoms with Crippen LogP contribution >= 0.6 is 22.9 Å². The summed E-state index contributed by atoms with van der Waals surface area (Å²) in [5.74, 6) is -0.152. The molecule has 0 aliphatic heterocycles. The molecule has 1 atom stereocenters. The molecule has 0 fully saturated rings. The number of nitrogens with two attached hydrogens (primary N) is 1. The number of hydrogen-bond acceptors (Lipinski definition) is 4. The van der Waals surface area contributed by atoms with Crippen LogP contribution in [0.15, 0.2) is 24.8 Å². The van der Waals surface area contributed by atoms with Gasteiger partial charge in [0.25, 0.3) is 0 Å². The van der Waals surface area contributed by atoms with E-state index < -0.39 is 6.04 Å². The van der Waals surface area contributed by atoms with Crippen LogP contribution in [0.5, 0.6) is 0 Å². The van der Waals surface area contributed by atoms with E-state index in [0.29, 0.717) is 17.4 Å². The first-order chi connectivity index (χ1) is 8.58. The number of carbonyl (C=O) groups excluding carboxylic acids is 1. The fourth-order valence-corrected chi connectivity index (χ4v) is 2.60. The molecule has 4 nitrogen and oxygen atoms in total. The summed E-state index contributed by atoms with van der Waals surface area (Å²) in [6.45, 7) is 4.79. The summed E-state index contributed by atoms with van der Waals surface area (Å²) >= 11 is 7.31. The number of nitrogens with zero attached hydrogens (tertiary/aromatic N) is 1. The minimum absolute atomic E-state index is 0.152. The lowest BCUT2D eigenvalue weighted by Gasteiger charge is -2.23. The van der Waals surface area contributed by atoms with Gasteiger partial charge in [0.15, 0.2) is 0 Å². The van der Waals surface area contributed by atoms with Crippen LogP contribution in [0.2, 0.25) is 4.34 Å². The first-order valence-corrected chi connectivity index (χ1v) is 6.66. The van der Waals surface area contributed by atoms with Gasteiger partial charge in [-0.3, -0.25) is 4.79 Å². The van der Waals surface area contributed by atoms with Gasteiger partial charge in [0, 0.05) is 18.5 Å². The molecule has 1 aromatic heterocycles. The van der Waals surface area contributed by atoms with E-state index in [0.717, 1.165) is 4.88 Å². The highest BCUT2D eigenvalue weighted by Crippen LogP contribution is 2.22. The molecule has 1 aromatic rings. The monoisotopic (exact) mass is 288 g/mol. The molecule has 0 saturated carbocycles. The third kappa shape index (κ3) is 4.42. The first-order valence-electron chi connectivity index (χ1n) is 5.47. The molecule has 1 amide bonds. The second-order valence-corrected chi connectivity index (χ2v) is 5.57. The number of amides is 1. The van der Waals surface area contributed by atoms with Gasteiger partial charge in [-0.25, -0.2) is 0 Å². The Morgan fingerprint density at radius 1 is 1.72 bits per heavy atom. The maximum atomic E-state index is 12.1. The fourth-order valence-electron chi connectivity index (χ4n) is 1.50. The van der Waals surface area contributed by atoms with E-state index in [9.17, 15) is 4.79 Å². The second-order valence-electron chi connectivity index (χ2n) is 3.78. The zero-order chi connectivity index (χ0) is 13.5. The smallest absolute Gasteiger partial charge is 0.242 e. The summed E-state index contributed by atoms with van der Waals surface area (Å²) in [6.07, 6.45) is 1.67. The molecule has 1 heterocycles. The highest BCUT2D eigenvalue weighted by molar-refractivity contribution is 7.16. The third-order valence-electron chi connectivity index (χ3n) is 2.30. The Morgan fingerprint density at radius 3 is 2.94 bits per heavy atom. The van der Waals surface area contributed by atoms with Gasteiger partial charge in [0.2, 0.25) is 5.91 Å². The highest BCUT2D eigenvalue weighted by Gasteiger charge is 2.20. The Hall–Kier alpha value is -0.880. The molecule has 0 aliphatic carbocycles. The summed E-state index contributed by atoms with van der Waals surface area (Å²) < 4.78 is 5.60. The van der Waals surface area contributed by atoms with E-state index >= 15 is 0 Å². The molecule has 2 N–H and O–H groups in total. The molecule has 6 heteroatoms. The second kappa shape index (κ2) is 7.53. The maximum absolute atomic E-state index is 12.1. The van der Waals surface area contributed by atoms with Crippen LogP contribution in [0.3, 0.4) is 0 Å². The van der Waals surface area contributed by atoms with Gasteiger partial charge in [0.05, 0.1) is 17.5 Å². The van der Waals surface area contributed by atoms with E-state index in [2.05, 4.69) is 6.58 Å². The highest BCUT2D eigenvalue weighted by atomic mass is 35.5. The van der Waals surface area contributed by atoms with Crippen molar-refractivity contribution in [2.45, 2.75) is 12.6 Å². The lowest BCUT2D eigenvalue weighted by Crippen LogP contribution is -2.45. The van der Waals surface area contributed by atoms with Gasteiger partial charge in [-0.05, 0) is 12.1 Å². The Balaban J connectivity index is 2.69. The quantitative estimate of drug-likeness (QED) is 0.780. The van der Waals surface area contributed by atoms with E-state index in [1.807, 2.05) is 12.1 Å². The van der Waals surface area contributed by atoms with Crippen LogP contribution in [0.4, 0.5) is 0 Å². The predicted molar refractivity (Wildman–Crippen MR) is 74.8 cm³/mol. The molecule has 0 aliphatic rings. The number of carbonyl (C=O) groups is 1. The van der Waals surface area contributed by atoms with E-state index in [-0.39, 0.29) is 12.5 Å². The van der Waals surface area contributed by atoms with Gasteiger partial charge in [-0.15, -0.1) is 17.9 Å². The molecule has 1 rings (SSSR count). The Bertz CT molecular complexity index is 409. The van der Waals surface area contributed by atoms with Crippen molar-refractivity contribution in [2.24, 2.45) is 5.73 Å². The van der Waals surface area contributed by atoms with Crippen molar-refractivity contribution >= 4 is 28.8 Å². The molecule has 0 spiro atoms. The van der Waals surface area contributed by atoms with Crippen LogP contribution in [0.1, 0.15) is 4.88 Å². The Morgan fingerprint density at radius 2 is 2.44 bits per heavy atom. The van der Waals surface area contributed by atoms with Crippen molar-refractivity contribution in [3.63, 3.8) is 0 Å². The zero-order valence-electron chi connectivity index (χ0n) is 10.3. The predicted octanol–water partition coefficient (Wildman–Crippen LogP) is 1.89. The summed E-state index contributed by atoms with van der Waals surface area (Å²) in [5.41, 5.74) is 5.74. The van der Waals surface area contributed by atoms with E-state index in [1.54, 1.807) is 11.0 Å². The van der Waals surface area contributed by atoms with Crippen LogP contribution in [-0.4, -0.2) is 37.1 Å². The van der Waals surface area contributed by atoms with Gasteiger partial charge in [-0.1, -0.05) is 17.7 Å². The van der Waals surface area contributed by atoms with Crippen molar-refractivity contribution in [1.29, 1.82) is 0 Å². The fraction of sp³-hybridized carbons (Fsp3) is 0.417. The lowest BCUT2D eigenvalue weighted by atomic mass is 10.2. The minimum Gasteiger partial charge on any atom is -0.383 e. The Labute approximate surface area is 116 Å². The normalized spacial score (nSPS) is 12.2. The molecule has 0 saturated heterocycles. The van der Waals surface area contributed by atoms with Crippen LogP contribution in [-0.2, 0) is 16.1 Å². The molecule has 1 unspecified atom stereocenters. The average Bonchev–Trinajstić information content (AvgIpc) is 2.73. The maximum Gasteiger partial charge on any atom is 0.242 e. The van der Waals surface area contributed by atoms with Crippen molar-refractivity contribution < 1.29 is 9.53 Å². The first kappa shape index (κ1) is 15.2. The number of halogens is 1. The van der Waals surface area contributed by atoms with Crippen LogP contribution < -0.4 is 5.73 Å². The lowest BCUT2D eigenvalue weighted by molar-refractivity contribution is -0.133. The van der Waals surface area contributed by atoms with Gasteiger partial charge >= 0.3 is 0 Å². The van der Waals surface area contributed by atoms with Gasteiger partial charge < -0.3 is 15.4 Å². The number of ether oxygens (including phenoxy) is 1. The topological polar surface area (TPSA) is 55.6 Å². The van der Waals surface area contributed by atoms with Crippen LogP contribution in [0, 0.1) is 0 Å². The third-order valence-corrected chi connectivity index (χ3v) is 3.52. The molecule has 18 heavy (non-hydrogen) atoms. The number of rotatable bonds is 7. The number of methoxy groups -OCH3 is 1. The summed E-state index contributed by atoms with van der Waals surface area (Å²) in [7, 11) is 1.52. The molecule has 0 radical (unpaired) electrons. The molecule has 0 aromatic carbocycles. The summed E-state index contributed by atoms with van der Waals surface area (Å²) in [4.78, 5) is 14.7. The van der Waals surface area contributed by atoms with Crippen molar-refractivity contribution in [2.75, 3.05) is 20.3 Å². The molecule has 0 bridgehead atoms. The van der Waals surface area contributed by atoms with E-state index in [1.165, 1.54) is 18.4 Å². The number of thiophene rings is 1. The van der Waals surface area contributed by atoms with Gasteiger partial charge in [0.1, 0.15) is 6.04 Å². The van der Waals surface area contributed by atoms with Crippen molar-refractivity contribution in [3.05, 3.63) is 34.0 Å². The largest absolute Gasteiger partial charge is 0.383 e. The van der Waals surface area contributed by atoms with Crippen LogP contribution in [0.25, 0.3) is 0 Å². The summed E-state index contributed by atoms with van der Waals surface area (Å²) in [5, 5.41) is 0. The van der Waals surface area contributed by atoms with Crippen molar-refractivity contribution in [1.82, 2.24) is 4.90 Å². The SMILES string of the molecule is C=CCN(Cc1ccc(Cl)s1)C(=O)C(N)COC. The Kier molecular flexibility index (Phi) is 6.35. The molecule has 100 valence electrons. The number of hydrogen-bond donors (Lipinski definition) is 1. The summed E-state index contributed by atoms with van der Waals surface area (Å²) in [6, 6.07) is 3.07. The van der Waals surface area contributed by atoms with Crippen molar-refractivity contribution in [3.8, 4) is 0 Å².